The van der Waals surface area contributed by atoms with Crippen LogP contribution >= 0.6 is 0 Å². The molecule has 0 spiro atoms. The Morgan fingerprint density at radius 3 is 2.48 bits per heavy atom. The fourth-order valence-electron chi connectivity index (χ4n) is 5.51. The minimum atomic E-state index is -0.137. The van der Waals surface area contributed by atoms with E-state index in [4.69, 9.17) is 0 Å². The van der Waals surface area contributed by atoms with Crippen molar-refractivity contribution in [1.29, 1.82) is 0 Å². The van der Waals surface area contributed by atoms with Crippen LogP contribution in [0.2, 0.25) is 0 Å². The SMILES string of the molecule is [2H]c1n2c(c(C)[n+]1-c1ccccc1C)-c1ccccc1C2(C)C1CCCCC1. The number of benzene rings is 2. The smallest absolute Gasteiger partial charge is 0.219 e. The topological polar surface area (TPSA) is 8.81 Å². The standard InChI is InChI=1S/C25H29N2/c1-18-11-7-10-16-23(18)26-17-27-24(19(26)2)21-14-8-9-15-22(21)25(27,3)20-12-5-4-6-13-20/h7-11,14-17,20H,4-6,12-13H2,1-3H3/q+1/i17D. The highest BCUT2D eigenvalue weighted by Gasteiger charge is 2.51. The van der Waals surface area contributed by atoms with Gasteiger partial charge in [-0.3, -0.25) is 0 Å². The van der Waals surface area contributed by atoms with Crippen LogP contribution < -0.4 is 4.57 Å². The summed E-state index contributed by atoms with van der Waals surface area (Å²) >= 11 is 0. The van der Waals surface area contributed by atoms with Crippen LogP contribution in [-0.4, -0.2) is 4.57 Å². The molecule has 1 aliphatic heterocycles. The third-order valence-corrected chi connectivity index (χ3v) is 7.05. The van der Waals surface area contributed by atoms with E-state index in [1.54, 1.807) is 0 Å². The number of aryl methyl sites for hydroxylation is 1. The molecule has 0 N–H and O–H groups in total. The van der Waals surface area contributed by atoms with Crippen LogP contribution in [0, 0.1) is 19.8 Å². The van der Waals surface area contributed by atoms with E-state index in [1.165, 1.54) is 60.2 Å². The van der Waals surface area contributed by atoms with Gasteiger partial charge in [-0.05, 0) is 38.3 Å². The second-order valence-corrected chi connectivity index (χ2v) is 8.52. The third-order valence-electron chi connectivity index (χ3n) is 7.05. The molecule has 27 heavy (non-hydrogen) atoms. The summed E-state index contributed by atoms with van der Waals surface area (Å²) in [6, 6.07) is 17.3. The lowest BCUT2D eigenvalue weighted by molar-refractivity contribution is -0.602. The Balaban J connectivity index is 1.81. The Hall–Kier alpha value is -2.35. The van der Waals surface area contributed by atoms with E-state index in [1.807, 2.05) is 0 Å². The number of rotatable bonds is 2. The summed E-state index contributed by atoms with van der Waals surface area (Å²) in [4.78, 5) is 0. The molecule has 1 aliphatic carbocycles. The van der Waals surface area contributed by atoms with Gasteiger partial charge in [0.2, 0.25) is 6.30 Å². The minimum absolute atomic E-state index is 0.137. The van der Waals surface area contributed by atoms with E-state index in [2.05, 4.69) is 78.4 Å². The van der Waals surface area contributed by atoms with Crippen molar-refractivity contribution in [2.45, 2.75) is 58.4 Å². The van der Waals surface area contributed by atoms with Gasteiger partial charge in [0.25, 0.3) is 0 Å². The van der Waals surface area contributed by atoms with Crippen molar-refractivity contribution < 1.29 is 5.94 Å². The van der Waals surface area contributed by atoms with Crippen molar-refractivity contribution in [2.75, 3.05) is 0 Å². The molecular weight excluding hydrogens is 328 g/mol. The fraction of sp³-hybridized carbons (Fsp3) is 0.400. The van der Waals surface area contributed by atoms with Crippen LogP contribution in [0.1, 0.15) is 57.2 Å². The van der Waals surface area contributed by atoms with Gasteiger partial charge >= 0.3 is 0 Å². The zero-order valence-corrected chi connectivity index (χ0v) is 16.6. The van der Waals surface area contributed by atoms with E-state index < -0.39 is 0 Å². The second-order valence-electron chi connectivity index (χ2n) is 8.52. The molecule has 3 aromatic rings. The number of fused-ring (bicyclic) bond motifs is 3. The maximum absolute atomic E-state index is 9.26. The molecule has 2 heteroatoms. The number of aromatic nitrogens is 2. The van der Waals surface area contributed by atoms with Gasteiger partial charge < -0.3 is 0 Å². The molecule has 1 fully saturated rings. The van der Waals surface area contributed by atoms with Gasteiger partial charge in [0.05, 0.1) is 0 Å². The number of hydrogen-bond donors (Lipinski definition) is 0. The predicted octanol–water partition coefficient (Wildman–Crippen LogP) is 5.71. The number of nitrogens with zero attached hydrogens (tertiary/aromatic N) is 2. The highest BCUT2D eigenvalue weighted by Crippen LogP contribution is 2.51. The van der Waals surface area contributed by atoms with Gasteiger partial charge in [-0.15, -0.1) is 0 Å². The molecule has 138 valence electrons. The van der Waals surface area contributed by atoms with Gasteiger partial charge in [-0.2, -0.15) is 4.57 Å². The van der Waals surface area contributed by atoms with Crippen molar-refractivity contribution in [1.82, 2.24) is 4.57 Å². The normalized spacial score (nSPS) is 22.4. The summed E-state index contributed by atoms with van der Waals surface area (Å²) in [5.74, 6) is 0.588. The molecule has 2 heterocycles. The molecule has 2 aliphatic rings. The minimum Gasteiger partial charge on any atom is -0.219 e. The van der Waals surface area contributed by atoms with Crippen LogP contribution in [0.4, 0.5) is 0 Å². The molecule has 1 unspecified atom stereocenters. The summed E-state index contributed by atoms with van der Waals surface area (Å²) in [6.45, 7) is 6.70. The summed E-state index contributed by atoms with van der Waals surface area (Å²) in [7, 11) is 0. The molecule has 2 nitrogen and oxygen atoms in total. The van der Waals surface area contributed by atoms with Crippen LogP contribution in [-0.2, 0) is 5.54 Å². The molecule has 0 bridgehead atoms. The number of imidazole rings is 1. The lowest BCUT2D eigenvalue weighted by atomic mass is 9.72. The summed E-state index contributed by atoms with van der Waals surface area (Å²) < 4.78 is 13.8. The molecule has 1 atom stereocenters. The molecule has 1 saturated carbocycles. The molecule has 2 aromatic carbocycles. The first kappa shape index (κ1) is 15.7. The van der Waals surface area contributed by atoms with Crippen LogP contribution in [0.3, 0.4) is 0 Å². The zero-order chi connectivity index (χ0) is 19.5. The lowest BCUT2D eigenvalue weighted by Gasteiger charge is -2.35. The van der Waals surface area contributed by atoms with Crippen molar-refractivity contribution >= 4 is 0 Å². The van der Waals surface area contributed by atoms with Crippen LogP contribution in [0.25, 0.3) is 16.9 Å². The summed E-state index contributed by atoms with van der Waals surface area (Å²) in [5.41, 5.74) is 7.32. The maximum atomic E-state index is 9.26. The monoisotopic (exact) mass is 358 g/mol. The summed E-state index contributed by atoms with van der Waals surface area (Å²) in [6.07, 6.45) is 7.08. The fourth-order valence-corrected chi connectivity index (χ4v) is 5.51. The molecule has 0 radical (unpaired) electrons. The highest BCUT2D eigenvalue weighted by atomic mass is 15.2. The van der Waals surface area contributed by atoms with Crippen molar-refractivity contribution in [2.24, 2.45) is 5.92 Å². The van der Waals surface area contributed by atoms with E-state index in [-0.39, 0.29) is 5.54 Å². The Bertz CT molecular complexity index is 1060. The van der Waals surface area contributed by atoms with Gasteiger partial charge in [-0.1, -0.05) is 61.7 Å². The van der Waals surface area contributed by atoms with Gasteiger partial charge in [0.15, 0.2) is 12.8 Å². The first-order chi connectivity index (χ1) is 13.5. The Labute approximate surface area is 163 Å². The number of hydrogen-bond acceptors (Lipinski definition) is 0. The van der Waals surface area contributed by atoms with E-state index in [9.17, 15) is 1.37 Å². The quantitative estimate of drug-likeness (QED) is 0.519. The lowest BCUT2D eigenvalue weighted by Crippen LogP contribution is -2.40. The molecule has 0 saturated heterocycles. The zero-order valence-electron chi connectivity index (χ0n) is 17.6. The largest absolute Gasteiger partial charge is 0.250 e. The number of para-hydroxylation sites is 1. The van der Waals surface area contributed by atoms with E-state index in [0.717, 1.165) is 5.69 Å². The molecule has 0 amide bonds. The molecule has 5 rings (SSSR count). The molecular formula is C25H29N2+. The first-order valence-electron chi connectivity index (χ1n) is 10.9. The van der Waals surface area contributed by atoms with Gasteiger partial charge in [0, 0.05) is 24.0 Å². The van der Waals surface area contributed by atoms with Gasteiger partial charge in [0.1, 0.15) is 11.2 Å². The van der Waals surface area contributed by atoms with Gasteiger partial charge in [-0.25, -0.2) is 4.57 Å². The maximum Gasteiger partial charge on any atom is 0.250 e. The first-order valence-corrected chi connectivity index (χ1v) is 10.4. The average Bonchev–Trinajstić information content (AvgIpc) is 3.15. The van der Waals surface area contributed by atoms with Crippen LogP contribution in [0.5, 0.6) is 0 Å². The Morgan fingerprint density at radius 1 is 1.00 bits per heavy atom. The highest BCUT2D eigenvalue weighted by molar-refractivity contribution is 5.72. The van der Waals surface area contributed by atoms with Crippen LogP contribution in [0.15, 0.2) is 54.8 Å². The Kier molecular flexibility index (Phi) is 3.54. The van der Waals surface area contributed by atoms with Crippen molar-refractivity contribution in [3.63, 3.8) is 0 Å². The van der Waals surface area contributed by atoms with Crippen molar-refractivity contribution in [3.05, 3.63) is 71.7 Å². The van der Waals surface area contributed by atoms with E-state index >= 15 is 0 Å². The Morgan fingerprint density at radius 2 is 1.70 bits per heavy atom. The van der Waals surface area contributed by atoms with E-state index in [0.29, 0.717) is 12.2 Å². The third kappa shape index (κ3) is 2.29. The van der Waals surface area contributed by atoms with Crippen molar-refractivity contribution in [3.8, 4) is 16.9 Å². The second kappa shape index (κ2) is 6.09. The average molecular weight is 359 g/mol. The predicted molar refractivity (Wildman–Crippen MR) is 110 cm³/mol. The molecule has 1 aromatic heterocycles. The summed E-state index contributed by atoms with van der Waals surface area (Å²) in [5, 5.41) is 0.